The number of amides is 1. The van der Waals surface area contributed by atoms with Crippen molar-refractivity contribution >= 4 is 40.3 Å². The molecule has 0 saturated carbocycles. The molecule has 0 aliphatic carbocycles. The van der Waals surface area contributed by atoms with Crippen molar-refractivity contribution in [3.8, 4) is 5.75 Å². The molecule has 2 heterocycles. The number of anilines is 1. The molecule has 1 fully saturated rings. The molecule has 132 valence electrons. The van der Waals surface area contributed by atoms with Crippen LogP contribution in [0.1, 0.15) is 4.88 Å². The zero-order valence-electron chi connectivity index (χ0n) is 14.1. The molecule has 0 radical (unpaired) electrons. The molecule has 7 heteroatoms. The third-order valence-electron chi connectivity index (χ3n) is 4.15. The summed E-state index contributed by atoms with van der Waals surface area (Å²) in [6, 6.07) is 11.7. The smallest absolute Gasteiger partial charge is 0.227 e. The van der Waals surface area contributed by atoms with Gasteiger partial charge < -0.3 is 19.9 Å². The summed E-state index contributed by atoms with van der Waals surface area (Å²) in [6.45, 7) is 2.88. The van der Waals surface area contributed by atoms with Crippen molar-refractivity contribution in [2.45, 2.75) is 6.42 Å². The Morgan fingerprint density at radius 1 is 1.20 bits per heavy atom. The molecule has 1 saturated heterocycles. The first-order valence-corrected chi connectivity index (χ1v) is 9.44. The number of carbonyl (C=O) groups excluding carboxylic acids is 1. The molecule has 1 aliphatic heterocycles. The zero-order valence-corrected chi connectivity index (χ0v) is 15.7. The number of benzene rings is 1. The largest absolute Gasteiger partial charge is 0.497 e. The van der Waals surface area contributed by atoms with Crippen LogP contribution in [0.2, 0.25) is 0 Å². The molecule has 5 nitrogen and oxygen atoms in total. The van der Waals surface area contributed by atoms with Gasteiger partial charge in [0.15, 0.2) is 5.11 Å². The number of nitrogens with one attached hydrogen (secondary N) is 1. The highest BCUT2D eigenvalue weighted by Crippen LogP contribution is 2.18. The van der Waals surface area contributed by atoms with Gasteiger partial charge in [-0.2, -0.15) is 0 Å². The highest BCUT2D eigenvalue weighted by Gasteiger charge is 2.22. The number of rotatable bonds is 4. The number of hydrogen-bond acceptors (Lipinski definition) is 4. The number of piperazine rings is 1. The number of thiocarbonyl (C=S) groups is 1. The maximum absolute atomic E-state index is 12.4. The van der Waals surface area contributed by atoms with E-state index >= 15 is 0 Å². The molecule has 0 atom stereocenters. The predicted octanol–water partition coefficient (Wildman–Crippen LogP) is 2.84. The summed E-state index contributed by atoms with van der Waals surface area (Å²) in [6.07, 6.45) is 0.490. The van der Waals surface area contributed by atoms with Crippen molar-refractivity contribution < 1.29 is 9.53 Å². The van der Waals surface area contributed by atoms with E-state index < -0.39 is 0 Å². The molecule has 1 N–H and O–H groups in total. The number of carbonyl (C=O) groups is 1. The van der Waals surface area contributed by atoms with E-state index in [4.69, 9.17) is 17.0 Å². The van der Waals surface area contributed by atoms with Crippen LogP contribution in [0.4, 0.5) is 5.69 Å². The Kier molecular flexibility index (Phi) is 5.88. The third-order valence-corrected chi connectivity index (χ3v) is 5.38. The summed E-state index contributed by atoms with van der Waals surface area (Å²) in [5, 5.41) is 5.92. The second-order valence-corrected chi connectivity index (χ2v) is 7.21. The third kappa shape index (κ3) is 4.70. The van der Waals surface area contributed by atoms with Crippen LogP contribution in [0.15, 0.2) is 41.8 Å². The van der Waals surface area contributed by atoms with Crippen LogP contribution in [0.5, 0.6) is 5.75 Å². The van der Waals surface area contributed by atoms with Gasteiger partial charge >= 0.3 is 0 Å². The number of thiophene rings is 1. The van der Waals surface area contributed by atoms with Crippen molar-refractivity contribution in [3.05, 3.63) is 46.7 Å². The monoisotopic (exact) mass is 375 g/mol. The fourth-order valence-corrected chi connectivity index (χ4v) is 3.73. The maximum atomic E-state index is 12.4. The molecule has 0 unspecified atom stereocenters. The van der Waals surface area contributed by atoms with Crippen LogP contribution in [0, 0.1) is 0 Å². The number of methoxy groups -OCH3 is 1. The summed E-state index contributed by atoms with van der Waals surface area (Å²) >= 11 is 7.13. The van der Waals surface area contributed by atoms with Crippen LogP contribution >= 0.6 is 23.6 Å². The van der Waals surface area contributed by atoms with Crippen molar-refractivity contribution in [3.63, 3.8) is 0 Å². The first-order valence-electron chi connectivity index (χ1n) is 8.16. The van der Waals surface area contributed by atoms with Gasteiger partial charge in [0, 0.05) is 42.8 Å². The molecule has 2 aromatic rings. The Morgan fingerprint density at radius 2 is 1.96 bits per heavy atom. The van der Waals surface area contributed by atoms with Crippen LogP contribution in [-0.4, -0.2) is 54.1 Å². The summed E-state index contributed by atoms with van der Waals surface area (Å²) in [4.78, 5) is 17.5. The van der Waals surface area contributed by atoms with E-state index in [2.05, 4.69) is 10.2 Å². The Morgan fingerprint density at radius 3 is 2.64 bits per heavy atom. The van der Waals surface area contributed by atoms with Gasteiger partial charge in [0.1, 0.15) is 5.75 Å². The van der Waals surface area contributed by atoms with E-state index in [1.165, 1.54) is 0 Å². The van der Waals surface area contributed by atoms with Gasteiger partial charge in [-0.05, 0) is 35.8 Å². The second-order valence-electron chi connectivity index (χ2n) is 5.79. The van der Waals surface area contributed by atoms with Gasteiger partial charge in [-0.3, -0.25) is 4.79 Å². The van der Waals surface area contributed by atoms with Crippen LogP contribution in [0.3, 0.4) is 0 Å². The molecule has 1 aromatic carbocycles. The SMILES string of the molecule is COc1cccc(NC(=S)N2CCN(C(=O)Cc3cccs3)CC2)c1. The summed E-state index contributed by atoms with van der Waals surface area (Å²) < 4.78 is 5.23. The van der Waals surface area contributed by atoms with E-state index in [9.17, 15) is 4.79 Å². The Bertz CT molecular complexity index is 726. The summed E-state index contributed by atoms with van der Waals surface area (Å²) in [5.41, 5.74) is 0.903. The van der Waals surface area contributed by atoms with Crippen molar-refractivity contribution in [2.75, 3.05) is 38.6 Å². The molecular weight excluding hydrogens is 354 g/mol. The molecule has 1 aromatic heterocycles. The Balaban J connectivity index is 1.49. The van der Waals surface area contributed by atoms with Crippen LogP contribution in [-0.2, 0) is 11.2 Å². The average Bonchev–Trinajstić information content (AvgIpc) is 3.15. The van der Waals surface area contributed by atoms with Crippen molar-refractivity contribution in [1.29, 1.82) is 0 Å². The summed E-state index contributed by atoms with van der Waals surface area (Å²) in [5.74, 6) is 0.977. The van der Waals surface area contributed by atoms with E-state index in [-0.39, 0.29) is 5.91 Å². The molecule has 3 rings (SSSR count). The number of hydrogen-bond donors (Lipinski definition) is 1. The first-order chi connectivity index (χ1) is 12.2. The minimum Gasteiger partial charge on any atom is -0.497 e. The number of ether oxygens (including phenoxy) is 1. The molecule has 25 heavy (non-hydrogen) atoms. The first kappa shape index (κ1) is 17.7. The van der Waals surface area contributed by atoms with Crippen LogP contribution in [0.25, 0.3) is 0 Å². The van der Waals surface area contributed by atoms with Gasteiger partial charge in [0.25, 0.3) is 0 Å². The standard InChI is InChI=1S/C18H21N3O2S2/c1-23-15-5-2-4-14(12-15)19-18(24)21-9-7-20(8-10-21)17(22)13-16-6-3-11-25-16/h2-6,11-12H,7-10,13H2,1H3,(H,19,24). The van der Waals surface area contributed by atoms with E-state index in [1.54, 1.807) is 18.4 Å². The fourth-order valence-electron chi connectivity index (χ4n) is 2.74. The van der Waals surface area contributed by atoms with Gasteiger partial charge in [0.2, 0.25) is 5.91 Å². The van der Waals surface area contributed by atoms with E-state index in [0.717, 1.165) is 29.4 Å². The van der Waals surface area contributed by atoms with Crippen LogP contribution < -0.4 is 10.1 Å². The summed E-state index contributed by atoms with van der Waals surface area (Å²) in [7, 11) is 1.64. The number of nitrogens with zero attached hydrogens (tertiary/aromatic N) is 2. The lowest BCUT2D eigenvalue weighted by Crippen LogP contribution is -2.51. The van der Waals surface area contributed by atoms with E-state index in [0.29, 0.717) is 24.6 Å². The predicted molar refractivity (Wildman–Crippen MR) is 105 cm³/mol. The van der Waals surface area contributed by atoms with Crippen molar-refractivity contribution in [1.82, 2.24) is 9.80 Å². The van der Waals surface area contributed by atoms with Crippen molar-refractivity contribution in [2.24, 2.45) is 0 Å². The molecule has 0 bridgehead atoms. The second kappa shape index (κ2) is 8.31. The molecular formula is C18H21N3O2S2. The lowest BCUT2D eigenvalue weighted by Gasteiger charge is -2.36. The minimum atomic E-state index is 0.189. The minimum absolute atomic E-state index is 0.189. The van der Waals surface area contributed by atoms with Gasteiger partial charge in [-0.15, -0.1) is 11.3 Å². The lowest BCUT2D eigenvalue weighted by atomic mass is 10.2. The van der Waals surface area contributed by atoms with Gasteiger partial charge in [-0.25, -0.2) is 0 Å². The van der Waals surface area contributed by atoms with Gasteiger partial charge in [0.05, 0.1) is 13.5 Å². The highest BCUT2D eigenvalue weighted by atomic mass is 32.1. The average molecular weight is 376 g/mol. The lowest BCUT2D eigenvalue weighted by molar-refractivity contribution is -0.131. The van der Waals surface area contributed by atoms with E-state index in [1.807, 2.05) is 46.7 Å². The zero-order chi connectivity index (χ0) is 17.6. The Labute approximate surface area is 157 Å². The Hall–Kier alpha value is -2.12. The fraction of sp³-hybridized carbons (Fsp3) is 0.333. The highest BCUT2D eigenvalue weighted by molar-refractivity contribution is 7.80. The quantitative estimate of drug-likeness (QED) is 0.833. The maximum Gasteiger partial charge on any atom is 0.227 e. The molecule has 0 spiro atoms. The topological polar surface area (TPSA) is 44.8 Å². The normalized spacial score (nSPS) is 14.3. The molecule has 1 aliphatic rings. The van der Waals surface area contributed by atoms with Gasteiger partial charge in [-0.1, -0.05) is 12.1 Å². The molecule has 1 amide bonds.